The van der Waals surface area contributed by atoms with Gasteiger partial charge >= 0.3 is 0 Å². The first-order valence-electron chi connectivity index (χ1n) is 7.50. The van der Waals surface area contributed by atoms with Gasteiger partial charge in [-0.15, -0.1) is 0 Å². The lowest BCUT2D eigenvalue weighted by molar-refractivity contribution is -0.120. The highest BCUT2D eigenvalue weighted by Gasteiger charge is 2.44. The van der Waals surface area contributed by atoms with Crippen molar-refractivity contribution in [3.63, 3.8) is 0 Å². The molecule has 1 unspecified atom stereocenters. The maximum absolute atomic E-state index is 13.1. The summed E-state index contributed by atoms with van der Waals surface area (Å²) in [7, 11) is 0. The molecular weight excluding hydrogens is 260 g/mol. The zero-order valence-corrected chi connectivity index (χ0v) is 14.2. The van der Waals surface area contributed by atoms with E-state index in [1.165, 1.54) is 5.57 Å². The lowest BCUT2D eigenvalue weighted by Gasteiger charge is -2.37. The molecule has 0 saturated carbocycles. The van der Waals surface area contributed by atoms with Crippen molar-refractivity contribution in [1.82, 2.24) is 0 Å². The number of hydrogen-bond acceptors (Lipinski definition) is 2. The van der Waals surface area contributed by atoms with Gasteiger partial charge in [0, 0.05) is 5.57 Å². The maximum Gasteiger partial charge on any atom is 0.176 e. The normalized spacial score (nSPS) is 23.9. The highest BCUT2D eigenvalue weighted by Crippen LogP contribution is 2.44. The number of hydrogen-bond donors (Lipinski definition) is 0. The minimum atomic E-state index is -0.719. The van der Waals surface area contributed by atoms with Crippen LogP contribution in [0.2, 0.25) is 0 Å². The van der Waals surface area contributed by atoms with Crippen molar-refractivity contribution in [2.75, 3.05) is 0 Å². The molecule has 1 atom stereocenters. The number of Topliss-reactive ketones (excluding diaryl/α,β-unsaturated/α-hetero) is 1. The summed E-state index contributed by atoms with van der Waals surface area (Å²) in [5, 5.41) is 0. The topological polar surface area (TPSA) is 30.2 Å². The van der Waals surface area contributed by atoms with E-state index in [0.717, 1.165) is 5.57 Å². The molecule has 1 aromatic rings. The fraction of sp³-hybridized carbons (Fsp3) is 0.526. The van der Waals surface area contributed by atoms with Gasteiger partial charge < -0.3 is 4.42 Å². The van der Waals surface area contributed by atoms with E-state index < -0.39 is 5.41 Å². The standard InChI is InChI=1S/C19H26O2/c1-17(2,3)13-11-14(18(4,5)6)16(20)19(7,12-13)15-9-8-10-21-15/h8-12H,1-7H3. The van der Waals surface area contributed by atoms with E-state index in [9.17, 15) is 4.79 Å². The third-order valence-corrected chi connectivity index (χ3v) is 4.17. The summed E-state index contributed by atoms with van der Waals surface area (Å²) >= 11 is 0. The van der Waals surface area contributed by atoms with E-state index in [2.05, 4.69) is 53.7 Å². The molecule has 0 bridgehead atoms. The molecule has 2 nitrogen and oxygen atoms in total. The van der Waals surface area contributed by atoms with Gasteiger partial charge in [-0.2, -0.15) is 0 Å². The molecule has 0 radical (unpaired) electrons. The minimum absolute atomic E-state index is 0.00888. The number of carbonyl (C=O) groups is 1. The first-order valence-corrected chi connectivity index (χ1v) is 7.50. The molecule has 0 aromatic carbocycles. The zero-order chi connectivity index (χ0) is 16.1. The molecule has 0 spiro atoms. The Labute approximate surface area is 127 Å². The van der Waals surface area contributed by atoms with Gasteiger partial charge in [0.05, 0.1) is 6.26 Å². The molecule has 1 aliphatic carbocycles. The third-order valence-electron chi connectivity index (χ3n) is 4.17. The van der Waals surface area contributed by atoms with Crippen LogP contribution >= 0.6 is 0 Å². The Morgan fingerprint density at radius 3 is 2.10 bits per heavy atom. The molecule has 0 amide bonds. The van der Waals surface area contributed by atoms with E-state index in [1.807, 2.05) is 19.1 Å². The predicted molar refractivity (Wildman–Crippen MR) is 86.1 cm³/mol. The first-order chi connectivity index (χ1) is 9.46. The van der Waals surface area contributed by atoms with Crippen LogP contribution in [-0.4, -0.2) is 5.78 Å². The van der Waals surface area contributed by atoms with Gasteiger partial charge in [0.2, 0.25) is 0 Å². The summed E-state index contributed by atoms with van der Waals surface area (Å²) in [5.74, 6) is 0.849. The van der Waals surface area contributed by atoms with Gasteiger partial charge in [0.25, 0.3) is 0 Å². The molecular formula is C19H26O2. The number of rotatable bonds is 1. The predicted octanol–water partition coefficient (Wildman–Crippen LogP) is 5.07. The molecule has 0 saturated heterocycles. The Morgan fingerprint density at radius 2 is 1.67 bits per heavy atom. The van der Waals surface area contributed by atoms with Crippen LogP contribution < -0.4 is 0 Å². The summed E-state index contributed by atoms with van der Waals surface area (Å²) in [6.45, 7) is 14.7. The van der Waals surface area contributed by atoms with Gasteiger partial charge in [-0.3, -0.25) is 4.79 Å². The molecule has 0 aliphatic heterocycles. The smallest absolute Gasteiger partial charge is 0.176 e. The maximum atomic E-state index is 13.1. The van der Waals surface area contributed by atoms with Crippen molar-refractivity contribution in [3.8, 4) is 0 Å². The highest BCUT2D eigenvalue weighted by molar-refractivity contribution is 6.07. The van der Waals surface area contributed by atoms with Crippen LogP contribution in [0.3, 0.4) is 0 Å². The number of ketones is 1. The van der Waals surface area contributed by atoms with Crippen molar-refractivity contribution in [1.29, 1.82) is 0 Å². The summed E-state index contributed by atoms with van der Waals surface area (Å²) < 4.78 is 5.58. The molecule has 1 aliphatic rings. The average molecular weight is 286 g/mol. The van der Waals surface area contributed by atoms with Crippen LogP contribution in [0.4, 0.5) is 0 Å². The monoisotopic (exact) mass is 286 g/mol. The fourth-order valence-electron chi connectivity index (χ4n) is 2.67. The summed E-state index contributed by atoms with van der Waals surface area (Å²) in [5.41, 5.74) is 1.14. The SMILES string of the molecule is CC(C)(C)C1=CC(C)(c2ccco2)C(=O)C(C(C)(C)C)=C1. The molecule has 0 fully saturated rings. The van der Waals surface area contributed by atoms with Gasteiger partial charge in [0.1, 0.15) is 11.2 Å². The van der Waals surface area contributed by atoms with Crippen LogP contribution in [0.1, 0.15) is 54.2 Å². The Bertz CT molecular complexity index is 601. The van der Waals surface area contributed by atoms with Gasteiger partial charge in [0.15, 0.2) is 5.78 Å². The summed E-state index contributed by atoms with van der Waals surface area (Å²) in [4.78, 5) is 13.1. The Morgan fingerprint density at radius 1 is 1.05 bits per heavy atom. The van der Waals surface area contributed by atoms with Crippen LogP contribution in [0, 0.1) is 10.8 Å². The Kier molecular flexibility index (Phi) is 3.56. The van der Waals surface area contributed by atoms with Gasteiger partial charge in [-0.25, -0.2) is 0 Å². The van der Waals surface area contributed by atoms with Crippen LogP contribution in [0.15, 0.2) is 46.1 Å². The minimum Gasteiger partial charge on any atom is -0.468 e. The van der Waals surface area contributed by atoms with E-state index in [4.69, 9.17) is 4.42 Å². The summed E-state index contributed by atoms with van der Waals surface area (Å²) in [6, 6.07) is 3.73. The second-order valence-electron chi connectivity index (χ2n) is 8.17. The lowest BCUT2D eigenvalue weighted by Crippen LogP contribution is -2.39. The van der Waals surface area contributed by atoms with E-state index in [0.29, 0.717) is 5.76 Å². The van der Waals surface area contributed by atoms with Crippen molar-refractivity contribution in [3.05, 3.63) is 47.5 Å². The van der Waals surface area contributed by atoms with Crippen molar-refractivity contribution in [2.24, 2.45) is 10.8 Å². The van der Waals surface area contributed by atoms with Gasteiger partial charge in [-0.05, 0) is 35.5 Å². The largest absolute Gasteiger partial charge is 0.468 e. The quantitative estimate of drug-likeness (QED) is 0.722. The number of furan rings is 1. The third kappa shape index (κ3) is 2.76. The van der Waals surface area contributed by atoms with Crippen LogP contribution in [-0.2, 0) is 10.2 Å². The molecule has 2 heteroatoms. The van der Waals surface area contributed by atoms with E-state index in [1.54, 1.807) is 6.26 Å². The molecule has 1 aromatic heterocycles. The number of carbonyl (C=O) groups excluding carboxylic acids is 1. The molecule has 21 heavy (non-hydrogen) atoms. The first kappa shape index (κ1) is 15.8. The van der Waals surface area contributed by atoms with Crippen LogP contribution in [0.5, 0.6) is 0 Å². The molecule has 114 valence electrons. The Balaban J connectivity index is 2.67. The molecule has 2 rings (SSSR count). The average Bonchev–Trinajstić information content (AvgIpc) is 2.83. The highest BCUT2D eigenvalue weighted by atomic mass is 16.3. The van der Waals surface area contributed by atoms with Crippen LogP contribution in [0.25, 0.3) is 0 Å². The second kappa shape index (κ2) is 4.72. The van der Waals surface area contributed by atoms with Crippen molar-refractivity contribution < 1.29 is 9.21 Å². The van der Waals surface area contributed by atoms with Crippen molar-refractivity contribution >= 4 is 5.78 Å². The molecule has 1 heterocycles. The van der Waals surface area contributed by atoms with Gasteiger partial charge in [-0.1, -0.05) is 53.7 Å². The second-order valence-corrected chi connectivity index (χ2v) is 8.17. The summed E-state index contributed by atoms with van der Waals surface area (Å²) in [6.07, 6.45) is 5.78. The van der Waals surface area contributed by atoms with E-state index in [-0.39, 0.29) is 16.6 Å². The number of allylic oxidation sites excluding steroid dienone is 4. The van der Waals surface area contributed by atoms with Crippen molar-refractivity contribution in [2.45, 2.75) is 53.9 Å². The van der Waals surface area contributed by atoms with E-state index >= 15 is 0 Å². The molecule has 0 N–H and O–H groups in total. The zero-order valence-electron chi connectivity index (χ0n) is 14.2. The lowest BCUT2D eigenvalue weighted by atomic mass is 9.65. The Hall–Kier alpha value is -1.57. The fourth-order valence-corrected chi connectivity index (χ4v) is 2.67.